The van der Waals surface area contributed by atoms with Gasteiger partial charge in [-0.1, -0.05) is 30.3 Å². The second-order valence-electron chi connectivity index (χ2n) is 6.03. The van der Waals surface area contributed by atoms with Crippen molar-refractivity contribution < 1.29 is 4.42 Å². The number of rotatable bonds is 8. The van der Waals surface area contributed by atoms with E-state index in [2.05, 4.69) is 27.9 Å². The van der Waals surface area contributed by atoms with Gasteiger partial charge < -0.3 is 15.1 Å². The van der Waals surface area contributed by atoms with Crippen molar-refractivity contribution in [3.8, 4) is 0 Å². The van der Waals surface area contributed by atoms with Crippen molar-refractivity contribution in [3.63, 3.8) is 0 Å². The summed E-state index contributed by atoms with van der Waals surface area (Å²) in [6.07, 6.45) is 5.23. The van der Waals surface area contributed by atoms with Crippen molar-refractivity contribution in [3.05, 3.63) is 78.0 Å². The standard InChI is InChI=1S/C20H25N5O/c1-25-18(10-14-24-25)9-12-21-20(22-13-11-19-8-5-15-26-19)23-16-17-6-3-2-4-7-17/h2-8,10,14-15H,9,11-13,16H2,1H3,(H2,21,22,23). The Hall–Kier alpha value is -3.02. The third-order valence-electron chi connectivity index (χ3n) is 4.10. The van der Waals surface area contributed by atoms with Gasteiger partial charge in [-0.3, -0.25) is 4.68 Å². The number of furan rings is 1. The van der Waals surface area contributed by atoms with Crippen LogP contribution in [-0.2, 0) is 26.4 Å². The Morgan fingerprint density at radius 1 is 1.04 bits per heavy atom. The van der Waals surface area contributed by atoms with E-state index in [0.29, 0.717) is 6.54 Å². The number of nitrogens with zero attached hydrogens (tertiary/aromatic N) is 3. The van der Waals surface area contributed by atoms with Crippen LogP contribution in [0.3, 0.4) is 0 Å². The summed E-state index contributed by atoms with van der Waals surface area (Å²) in [6.45, 7) is 2.20. The molecule has 26 heavy (non-hydrogen) atoms. The molecule has 0 saturated carbocycles. The molecule has 2 N–H and O–H groups in total. The number of hydrogen-bond donors (Lipinski definition) is 2. The van der Waals surface area contributed by atoms with Gasteiger partial charge in [0.2, 0.25) is 0 Å². The summed E-state index contributed by atoms with van der Waals surface area (Å²) < 4.78 is 7.27. The van der Waals surface area contributed by atoms with Gasteiger partial charge in [0.05, 0.1) is 12.8 Å². The lowest BCUT2D eigenvalue weighted by molar-refractivity contribution is 0.506. The molecule has 0 fully saturated rings. The molecule has 0 aliphatic heterocycles. The van der Waals surface area contributed by atoms with Gasteiger partial charge in [-0.25, -0.2) is 4.99 Å². The van der Waals surface area contributed by atoms with E-state index in [4.69, 9.17) is 9.41 Å². The van der Waals surface area contributed by atoms with Crippen LogP contribution in [0.4, 0.5) is 0 Å². The van der Waals surface area contributed by atoms with Gasteiger partial charge in [-0.2, -0.15) is 5.10 Å². The summed E-state index contributed by atoms with van der Waals surface area (Å²) in [7, 11) is 1.96. The lowest BCUT2D eigenvalue weighted by Gasteiger charge is -2.12. The highest BCUT2D eigenvalue weighted by Gasteiger charge is 2.03. The quantitative estimate of drug-likeness (QED) is 0.483. The Labute approximate surface area is 153 Å². The maximum Gasteiger partial charge on any atom is 0.191 e. The molecule has 0 aliphatic carbocycles. The fourth-order valence-corrected chi connectivity index (χ4v) is 2.64. The van der Waals surface area contributed by atoms with Crippen LogP contribution in [0.5, 0.6) is 0 Å². The van der Waals surface area contributed by atoms with Gasteiger partial charge in [-0.05, 0) is 23.8 Å². The molecule has 2 aromatic heterocycles. The van der Waals surface area contributed by atoms with Crippen LogP contribution in [0.15, 0.2) is 70.4 Å². The molecular weight excluding hydrogens is 326 g/mol. The topological polar surface area (TPSA) is 67.4 Å². The molecule has 3 aromatic rings. The molecule has 2 heterocycles. The van der Waals surface area contributed by atoms with Gasteiger partial charge in [0.15, 0.2) is 5.96 Å². The van der Waals surface area contributed by atoms with Gasteiger partial charge >= 0.3 is 0 Å². The predicted octanol–water partition coefficient (Wildman–Crippen LogP) is 2.53. The van der Waals surface area contributed by atoms with Crippen LogP contribution in [-0.4, -0.2) is 28.8 Å². The molecule has 1 aromatic carbocycles. The van der Waals surface area contributed by atoms with E-state index in [1.165, 1.54) is 11.3 Å². The molecule has 0 atom stereocenters. The summed E-state index contributed by atoms with van der Waals surface area (Å²) in [5.74, 6) is 1.78. The molecule has 0 aliphatic rings. The highest BCUT2D eigenvalue weighted by atomic mass is 16.3. The maximum absolute atomic E-state index is 5.38. The van der Waals surface area contributed by atoms with Crippen molar-refractivity contribution in [2.45, 2.75) is 19.4 Å². The zero-order valence-electron chi connectivity index (χ0n) is 15.1. The van der Waals surface area contributed by atoms with Gasteiger partial charge in [0.25, 0.3) is 0 Å². The fourth-order valence-electron chi connectivity index (χ4n) is 2.64. The Kier molecular flexibility index (Phi) is 6.47. The number of nitrogens with one attached hydrogen (secondary N) is 2. The van der Waals surface area contributed by atoms with E-state index in [1.54, 1.807) is 6.26 Å². The first kappa shape index (κ1) is 17.8. The number of aliphatic imine (C=N–C) groups is 1. The average Bonchev–Trinajstić information content (AvgIpc) is 3.32. The van der Waals surface area contributed by atoms with Crippen LogP contribution >= 0.6 is 0 Å². The van der Waals surface area contributed by atoms with Crippen molar-refractivity contribution >= 4 is 5.96 Å². The first-order valence-electron chi connectivity index (χ1n) is 8.86. The summed E-state index contributed by atoms with van der Waals surface area (Å²) >= 11 is 0. The number of hydrogen-bond acceptors (Lipinski definition) is 3. The number of benzene rings is 1. The van der Waals surface area contributed by atoms with Crippen molar-refractivity contribution in [1.29, 1.82) is 0 Å². The molecule has 0 saturated heterocycles. The Morgan fingerprint density at radius 3 is 2.54 bits per heavy atom. The average molecular weight is 351 g/mol. The lowest BCUT2D eigenvalue weighted by atomic mass is 10.2. The fraction of sp³-hybridized carbons (Fsp3) is 0.300. The van der Waals surface area contributed by atoms with Crippen LogP contribution in [0.2, 0.25) is 0 Å². The SMILES string of the molecule is Cn1nccc1CCNC(=NCc1ccccc1)NCCc1ccco1. The van der Waals surface area contributed by atoms with Gasteiger partial charge in [0, 0.05) is 44.9 Å². The van der Waals surface area contributed by atoms with Crippen LogP contribution in [0, 0.1) is 0 Å². The minimum absolute atomic E-state index is 0.642. The van der Waals surface area contributed by atoms with Crippen molar-refractivity contribution in [2.75, 3.05) is 13.1 Å². The smallest absolute Gasteiger partial charge is 0.191 e. The molecular formula is C20H25N5O. The Morgan fingerprint density at radius 2 is 1.85 bits per heavy atom. The maximum atomic E-state index is 5.38. The minimum Gasteiger partial charge on any atom is -0.469 e. The molecule has 6 nitrogen and oxygen atoms in total. The number of aryl methyl sites for hydroxylation is 1. The molecule has 3 rings (SSSR count). The molecule has 136 valence electrons. The molecule has 6 heteroatoms. The van der Waals surface area contributed by atoms with Crippen molar-refractivity contribution in [1.82, 2.24) is 20.4 Å². The van der Waals surface area contributed by atoms with Crippen molar-refractivity contribution in [2.24, 2.45) is 12.0 Å². The molecule has 0 unspecified atom stereocenters. The van der Waals surface area contributed by atoms with Gasteiger partial charge in [-0.15, -0.1) is 0 Å². The largest absolute Gasteiger partial charge is 0.469 e. The number of guanidine groups is 1. The third-order valence-corrected chi connectivity index (χ3v) is 4.10. The zero-order chi connectivity index (χ0) is 18.0. The molecule has 0 bridgehead atoms. The normalized spacial score (nSPS) is 11.5. The third kappa shape index (κ3) is 5.51. The number of aromatic nitrogens is 2. The highest BCUT2D eigenvalue weighted by Crippen LogP contribution is 2.01. The van der Waals surface area contributed by atoms with E-state index in [0.717, 1.165) is 37.7 Å². The summed E-state index contributed by atoms with van der Waals surface area (Å²) in [5.41, 5.74) is 2.38. The van der Waals surface area contributed by atoms with E-state index in [-0.39, 0.29) is 0 Å². The molecule has 0 amide bonds. The first-order chi connectivity index (χ1) is 12.8. The van der Waals surface area contributed by atoms with E-state index >= 15 is 0 Å². The Balaban J connectivity index is 1.53. The lowest BCUT2D eigenvalue weighted by Crippen LogP contribution is -2.39. The Bertz CT molecular complexity index is 793. The van der Waals surface area contributed by atoms with E-state index < -0.39 is 0 Å². The first-order valence-corrected chi connectivity index (χ1v) is 8.86. The van der Waals surface area contributed by atoms with Crippen LogP contribution in [0.1, 0.15) is 17.0 Å². The van der Waals surface area contributed by atoms with Gasteiger partial charge in [0.1, 0.15) is 5.76 Å². The molecule has 0 radical (unpaired) electrons. The predicted molar refractivity (Wildman–Crippen MR) is 103 cm³/mol. The van der Waals surface area contributed by atoms with Crippen LogP contribution < -0.4 is 10.6 Å². The summed E-state index contributed by atoms with van der Waals surface area (Å²) in [6, 6.07) is 16.2. The van der Waals surface area contributed by atoms with E-state index in [9.17, 15) is 0 Å². The monoisotopic (exact) mass is 351 g/mol. The minimum atomic E-state index is 0.642. The summed E-state index contributed by atoms with van der Waals surface area (Å²) in [5, 5.41) is 11.0. The summed E-state index contributed by atoms with van der Waals surface area (Å²) in [4.78, 5) is 4.70. The highest BCUT2D eigenvalue weighted by molar-refractivity contribution is 5.79. The van der Waals surface area contributed by atoms with Crippen LogP contribution in [0.25, 0.3) is 0 Å². The molecule has 0 spiro atoms. The van der Waals surface area contributed by atoms with E-state index in [1.807, 2.05) is 54.3 Å². The zero-order valence-corrected chi connectivity index (χ0v) is 15.1. The second-order valence-corrected chi connectivity index (χ2v) is 6.03. The second kappa shape index (κ2) is 9.46.